The van der Waals surface area contributed by atoms with Gasteiger partial charge in [0.1, 0.15) is 24.2 Å². The molecule has 9 heteroatoms. The van der Waals surface area contributed by atoms with Gasteiger partial charge in [-0.2, -0.15) is 0 Å². The minimum absolute atomic E-state index is 0.0251. The Morgan fingerprint density at radius 2 is 1.87 bits per heavy atom. The van der Waals surface area contributed by atoms with E-state index in [0.29, 0.717) is 33.6 Å². The van der Waals surface area contributed by atoms with Crippen molar-refractivity contribution < 1.29 is 19.4 Å². The third-order valence-corrected chi connectivity index (χ3v) is 8.67. The molecule has 1 fully saturated rings. The Morgan fingerprint density at radius 1 is 1.05 bits per heavy atom. The molecule has 2 aromatic heterocycles. The van der Waals surface area contributed by atoms with Crippen LogP contribution in [0.5, 0.6) is 5.75 Å². The molecule has 3 aromatic carbocycles. The van der Waals surface area contributed by atoms with Gasteiger partial charge in [0.25, 0.3) is 5.78 Å². The zero-order valence-corrected chi connectivity index (χ0v) is 23.0. The van der Waals surface area contributed by atoms with Gasteiger partial charge in [-0.15, -0.1) is 11.3 Å². The van der Waals surface area contributed by atoms with Crippen LogP contribution >= 0.6 is 34.3 Å². The average Bonchev–Trinajstić information content (AvgIpc) is 3.67. The van der Waals surface area contributed by atoms with Crippen LogP contribution in [0.4, 0.5) is 5.13 Å². The van der Waals surface area contributed by atoms with Crippen LogP contribution in [0, 0.1) is 6.92 Å². The molecular formula is C30H21ClN2O4S2. The van der Waals surface area contributed by atoms with Gasteiger partial charge in [0.05, 0.1) is 15.8 Å². The molecule has 1 unspecified atom stereocenters. The zero-order chi connectivity index (χ0) is 27.1. The summed E-state index contributed by atoms with van der Waals surface area (Å²) in [7, 11) is 0. The van der Waals surface area contributed by atoms with Gasteiger partial charge in [-0.1, -0.05) is 59.3 Å². The Kier molecular flexibility index (Phi) is 6.68. The lowest BCUT2D eigenvalue weighted by Gasteiger charge is -2.21. The number of amides is 1. The number of ketones is 1. The van der Waals surface area contributed by atoms with Crippen LogP contribution < -0.4 is 9.64 Å². The van der Waals surface area contributed by atoms with E-state index in [1.165, 1.54) is 27.6 Å². The van der Waals surface area contributed by atoms with Gasteiger partial charge in [-0.3, -0.25) is 14.5 Å². The molecule has 0 aliphatic carbocycles. The van der Waals surface area contributed by atoms with E-state index in [2.05, 4.69) is 4.98 Å². The van der Waals surface area contributed by atoms with Gasteiger partial charge in [0, 0.05) is 15.5 Å². The summed E-state index contributed by atoms with van der Waals surface area (Å²) in [6.45, 7) is 2.28. The topological polar surface area (TPSA) is 79.7 Å². The van der Waals surface area contributed by atoms with E-state index in [1.807, 2.05) is 54.8 Å². The van der Waals surface area contributed by atoms with Gasteiger partial charge in [-0.05, 0) is 65.9 Å². The molecule has 194 valence electrons. The van der Waals surface area contributed by atoms with Gasteiger partial charge >= 0.3 is 5.91 Å². The van der Waals surface area contributed by atoms with Crippen molar-refractivity contribution in [1.29, 1.82) is 0 Å². The molecule has 1 atom stereocenters. The molecule has 1 N–H and O–H groups in total. The highest BCUT2D eigenvalue weighted by atomic mass is 35.5. The number of thiophene rings is 1. The molecule has 1 aliphatic rings. The molecule has 0 radical (unpaired) electrons. The van der Waals surface area contributed by atoms with Gasteiger partial charge in [-0.25, -0.2) is 4.98 Å². The molecule has 0 bridgehead atoms. The standard InChI is InChI=1S/C30H21ClN2O4S2/c1-17-14-19(9-12-22(17)37-16-18-6-3-2-4-7-18)27(34)25-26(23-8-5-13-38-23)33(29(36)28(25)35)30-32-21-11-10-20(31)15-24(21)39-30/h2-15,26,34H,16H2,1H3/b27-25+. The second-order valence-electron chi connectivity index (χ2n) is 9.05. The van der Waals surface area contributed by atoms with Crippen molar-refractivity contribution in [3.05, 3.63) is 116 Å². The number of rotatable bonds is 6. The number of ether oxygens (including phenoxy) is 1. The first-order valence-corrected chi connectivity index (χ1v) is 14.2. The summed E-state index contributed by atoms with van der Waals surface area (Å²) in [5, 5.41) is 14.2. The molecule has 0 saturated carbocycles. The van der Waals surface area contributed by atoms with Crippen LogP contribution in [0.1, 0.15) is 27.6 Å². The van der Waals surface area contributed by atoms with Crippen molar-refractivity contribution in [3.8, 4) is 5.75 Å². The van der Waals surface area contributed by atoms with Crippen molar-refractivity contribution in [2.75, 3.05) is 4.90 Å². The number of aromatic nitrogens is 1. The van der Waals surface area contributed by atoms with Crippen molar-refractivity contribution in [3.63, 3.8) is 0 Å². The number of thiazole rings is 1. The lowest BCUT2D eigenvalue weighted by Crippen LogP contribution is -2.28. The fourth-order valence-corrected chi connectivity index (χ4v) is 6.68. The number of halogens is 1. The number of nitrogens with zero attached hydrogens (tertiary/aromatic N) is 2. The number of aryl methyl sites for hydroxylation is 1. The van der Waals surface area contributed by atoms with Crippen LogP contribution in [0.2, 0.25) is 5.02 Å². The fraction of sp³-hybridized carbons (Fsp3) is 0.100. The van der Waals surface area contributed by atoms with Crippen LogP contribution in [-0.2, 0) is 16.2 Å². The SMILES string of the molecule is Cc1cc(/C(O)=C2\C(=O)C(=O)N(c3nc4ccc(Cl)cc4s3)C2c2cccs2)ccc1OCc1ccccc1. The third-order valence-electron chi connectivity index (χ3n) is 6.49. The van der Waals surface area contributed by atoms with Crippen molar-refractivity contribution in [1.82, 2.24) is 4.98 Å². The lowest BCUT2D eigenvalue weighted by atomic mass is 9.99. The smallest absolute Gasteiger partial charge is 0.301 e. The van der Waals surface area contributed by atoms with E-state index in [-0.39, 0.29) is 11.3 Å². The van der Waals surface area contributed by atoms with Gasteiger partial charge < -0.3 is 9.84 Å². The largest absolute Gasteiger partial charge is 0.507 e. The summed E-state index contributed by atoms with van der Waals surface area (Å²) >= 11 is 8.83. The molecule has 0 spiro atoms. The average molecular weight is 573 g/mol. The maximum absolute atomic E-state index is 13.4. The van der Waals surface area contributed by atoms with E-state index in [9.17, 15) is 14.7 Å². The first-order chi connectivity index (χ1) is 18.9. The molecule has 1 aliphatic heterocycles. The number of benzene rings is 3. The number of hydrogen-bond donors (Lipinski definition) is 1. The Balaban J connectivity index is 1.39. The number of hydrogen-bond acceptors (Lipinski definition) is 7. The van der Waals surface area contributed by atoms with E-state index in [1.54, 1.807) is 36.4 Å². The quantitative estimate of drug-likeness (QED) is 0.129. The van der Waals surface area contributed by atoms with Gasteiger partial charge in [0.15, 0.2) is 5.13 Å². The van der Waals surface area contributed by atoms with E-state index in [4.69, 9.17) is 16.3 Å². The Bertz CT molecular complexity index is 1750. The molecule has 3 heterocycles. The molecule has 6 rings (SSSR count). The molecule has 39 heavy (non-hydrogen) atoms. The highest BCUT2D eigenvalue weighted by molar-refractivity contribution is 7.22. The first kappa shape index (κ1) is 25.3. The summed E-state index contributed by atoms with van der Waals surface area (Å²) < 4.78 is 6.77. The first-order valence-electron chi connectivity index (χ1n) is 12.1. The molecule has 5 aromatic rings. The van der Waals surface area contributed by atoms with E-state index in [0.717, 1.165) is 20.7 Å². The van der Waals surface area contributed by atoms with Crippen LogP contribution in [-0.4, -0.2) is 21.8 Å². The third kappa shape index (κ3) is 4.71. The van der Waals surface area contributed by atoms with Crippen molar-refractivity contribution in [2.45, 2.75) is 19.6 Å². The predicted molar refractivity (Wildman–Crippen MR) is 156 cm³/mol. The summed E-state index contributed by atoms with van der Waals surface area (Å²) in [6.07, 6.45) is 0. The highest BCUT2D eigenvalue weighted by Crippen LogP contribution is 2.45. The number of carbonyl (C=O) groups is 2. The van der Waals surface area contributed by atoms with E-state index < -0.39 is 17.7 Å². The van der Waals surface area contributed by atoms with Crippen molar-refractivity contribution in [2.24, 2.45) is 0 Å². The number of Topliss-reactive ketones (excluding diaryl/α,β-unsaturated/α-hetero) is 1. The lowest BCUT2D eigenvalue weighted by molar-refractivity contribution is -0.132. The van der Waals surface area contributed by atoms with Crippen LogP contribution in [0.25, 0.3) is 16.0 Å². The minimum Gasteiger partial charge on any atom is -0.507 e. The van der Waals surface area contributed by atoms with Crippen LogP contribution in [0.15, 0.2) is 89.8 Å². The number of anilines is 1. The number of aliphatic hydroxyl groups excluding tert-OH is 1. The molecule has 6 nitrogen and oxygen atoms in total. The van der Waals surface area contributed by atoms with Crippen molar-refractivity contribution >= 4 is 67.1 Å². The van der Waals surface area contributed by atoms with E-state index >= 15 is 0 Å². The maximum atomic E-state index is 13.4. The monoisotopic (exact) mass is 572 g/mol. The summed E-state index contributed by atoms with van der Waals surface area (Å²) in [6, 6.07) is 23.2. The molecular weight excluding hydrogens is 552 g/mol. The molecule has 1 amide bonds. The summed E-state index contributed by atoms with van der Waals surface area (Å²) in [5.41, 5.74) is 2.96. The van der Waals surface area contributed by atoms with Gasteiger partial charge in [0.2, 0.25) is 0 Å². The second kappa shape index (κ2) is 10.3. The second-order valence-corrected chi connectivity index (χ2v) is 11.5. The molecule has 1 saturated heterocycles. The summed E-state index contributed by atoms with van der Waals surface area (Å²) in [5.74, 6) is -1.07. The fourth-order valence-electron chi connectivity index (χ4n) is 4.58. The normalized spacial score (nSPS) is 16.8. The Morgan fingerprint density at radius 3 is 2.62 bits per heavy atom. The van der Waals surface area contributed by atoms with Crippen LogP contribution in [0.3, 0.4) is 0 Å². The Labute approximate surface area is 237 Å². The maximum Gasteiger partial charge on any atom is 0.301 e. The summed E-state index contributed by atoms with van der Waals surface area (Å²) in [4.78, 5) is 33.6. The number of aliphatic hydroxyl groups is 1. The number of carbonyl (C=O) groups excluding carboxylic acids is 2. The minimum atomic E-state index is -0.810. The Hall–Kier alpha value is -3.98. The zero-order valence-electron chi connectivity index (χ0n) is 20.6. The number of fused-ring (bicyclic) bond motifs is 1. The highest BCUT2D eigenvalue weighted by Gasteiger charge is 2.48. The predicted octanol–water partition coefficient (Wildman–Crippen LogP) is 7.52.